The molecule has 0 aliphatic carbocycles. The predicted octanol–water partition coefficient (Wildman–Crippen LogP) is 2.54. The minimum absolute atomic E-state index is 0.156. The molecule has 1 rings (SSSR count). The van der Waals surface area contributed by atoms with Crippen molar-refractivity contribution in [3.05, 3.63) is 34.9 Å². The van der Waals surface area contributed by atoms with Crippen molar-refractivity contribution in [1.29, 1.82) is 0 Å². The van der Waals surface area contributed by atoms with Crippen molar-refractivity contribution < 1.29 is 5.11 Å². The van der Waals surface area contributed by atoms with Crippen molar-refractivity contribution in [2.45, 2.75) is 19.0 Å². The summed E-state index contributed by atoms with van der Waals surface area (Å²) in [6.07, 6.45) is 3.05. The predicted molar refractivity (Wildman–Crippen MR) is 72.2 cm³/mol. The Morgan fingerprint density at radius 1 is 1.44 bits per heavy atom. The van der Waals surface area contributed by atoms with E-state index in [1.165, 1.54) is 0 Å². The van der Waals surface area contributed by atoms with E-state index in [0.717, 1.165) is 22.8 Å². The Balaban J connectivity index is 2.40. The van der Waals surface area contributed by atoms with Gasteiger partial charge in [-0.1, -0.05) is 29.8 Å². The second kappa shape index (κ2) is 7.96. The van der Waals surface area contributed by atoms with E-state index in [1.54, 1.807) is 11.8 Å². The topological polar surface area (TPSA) is 32.3 Å². The smallest absolute Gasteiger partial charge is 0.0585 e. The standard InChI is InChI=1S/C12H18ClNOS/c1-16-7-6-11(9-15)14-8-10-4-2-3-5-12(10)13/h2-5,11,14-15H,6-9H2,1H3. The van der Waals surface area contributed by atoms with E-state index in [0.29, 0.717) is 6.54 Å². The molecule has 2 N–H and O–H groups in total. The molecule has 0 saturated carbocycles. The van der Waals surface area contributed by atoms with Gasteiger partial charge in [0.1, 0.15) is 0 Å². The van der Waals surface area contributed by atoms with Gasteiger partial charge in [-0.25, -0.2) is 0 Å². The minimum atomic E-state index is 0.156. The fourth-order valence-corrected chi connectivity index (χ4v) is 2.14. The number of thioether (sulfide) groups is 1. The number of halogens is 1. The van der Waals surface area contributed by atoms with E-state index in [9.17, 15) is 5.11 Å². The maximum Gasteiger partial charge on any atom is 0.0585 e. The highest BCUT2D eigenvalue weighted by atomic mass is 35.5. The molecule has 0 aromatic heterocycles. The summed E-state index contributed by atoms with van der Waals surface area (Å²) in [7, 11) is 0. The maximum absolute atomic E-state index is 9.20. The van der Waals surface area contributed by atoms with Crippen LogP contribution in [0.5, 0.6) is 0 Å². The molecule has 1 aromatic rings. The highest BCUT2D eigenvalue weighted by Gasteiger charge is 2.07. The van der Waals surface area contributed by atoms with Crippen molar-refractivity contribution in [2.24, 2.45) is 0 Å². The summed E-state index contributed by atoms with van der Waals surface area (Å²) in [6, 6.07) is 7.93. The van der Waals surface area contributed by atoms with Gasteiger partial charge < -0.3 is 10.4 Å². The molecule has 1 aromatic carbocycles. The van der Waals surface area contributed by atoms with E-state index in [-0.39, 0.29) is 12.6 Å². The van der Waals surface area contributed by atoms with Crippen LogP contribution in [0.15, 0.2) is 24.3 Å². The maximum atomic E-state index is 9.20. The second-order valence-electron chi connectivity index (χ2n) is 3.63. The molecule has 90 valence electrons. The summed E-state index contributed by atoms with van der Waals surface area (Å²) >= 11 is 7.84. The molecule has 1 atom stereocenters. The summed E-state index contributed by atoms with van der Waals surface area (Å²) in [6.45, 7) is 0.879. The van der Waals surface area contributed by atoms with Gasteiger partial charge in [0, 0.05) is 17.6 Å². The Hall–Kier alpha value is -0.220. The summed E-state index contributed by atoms with van der Waals surface area (Å²) in [5, 5.41) is 13.3. The van der Waals surface area contributed by atoms with Crippen molar-refractivity contribution in [3.63, 3.8) is 0 Å². The average molecular weight is 260 g/mol. The van der Waals surface area contributed by atoms with Crippen LogP contribution in [0.25, 0.3) is 0 Å². The summed E-state index contributed by atoms with van der Waals surface area (Å²) < 4.78 is 0. The Morgan fingerprint density at radius 2 is 2.19 bits per heavy atom. The van der Waals surface area contributed by atoms with Crippen LogP contribution < -0.4 is 5.32 Å². The van der Waals surface area contributed by atoms with Gasteiger partial charge in [-0.15, -0.1) is 0 Å². The van der Waals surface area contributed by atoms with Crippen LogP contribution >= 0.6 is 23.4 Å². The number of nitrogens with one attached hydrogen (secondary N) is 1. The molecule has 0 heterocycles. The Kier molecular flexibility index (Phi) is 6.88. The van der Waals surface area contributed by atoms with Crippen LogP contribution in [-0.2, 0) is 6.54 Å². The van der Waals surface area contributed by atoms with Crippen LogP contribution in [0.3, 0.4) is 0 Å². The molecule has 2 nitrogen and oxygen atoms in total. The van der Waals surface area contributed by atoms with Crippen molar-refractivity contribution in [2.75, 3.05) is 18.6 Å². The Bertz CT molecular complexity index is 309. The zero-order valence-electron chi connectivity index (χ0n) is 9.45. The molecule has 0 aliphatic heterocycles. The van der Waals surface area contributed by atoms with Crippen molar-refractivity contribution in [3.8, 4) is 0 Å². The lowest BCUT2D eigenvalue weighted by Crippen LogP contribution is -2.32. The van der Waals surface area contributed by atoms with Crippen LogP contribution in [0.4, 0.5) is 0 Å². The van der Waals surface area contributed by atoms with Crippen LogP contribution in [0, 0.1) is 0 Å². The lowest BCUT2D eigenvalue weighted by molar-refractivity contribution is 0.239. The molecule has 16 heavy (non-hydrogen) atoms. The number of rotatable bonds is 7. The van der Waals surface area contributed by atoms with Gasteiger partial charge in [-0.3, -0.25) is 0 Å². The molecule has 0 bridgehead atoms. The lowest BCUT2D eigenvalue weighted by Gasteiger charge is -2.16. The lowest BCUT2D eigenvalue weighted by atomic mass is 10.2. The van der Waals surface area contributed by atoms with Crippen LogP contribution in [0.2, 0.25) is 5.02 Å². The fourth-order valence-electron chi connectivity index (χ4n) is 1.41. The fraction of sp³-hybridized carbons (Fsp3) is 0.500. The first-order valence-corrected chi connectivity index (χ1v) is 7.11. The number of benzene rings is 1. The SMILES string of the molecule is CSCCC(CO)NCc1ccccc1Cl. The first-order chi connectivity index (χ1) is 7.77. The van der Waals surface area contributed by atoms with Gasteiger partial charge in [0.2, 0.25) is 0 Å². The third-order valence-corrected chi connectivity index (χ3v) is 3.44. The van der Waals surface area contributed by atoms with Gasteiger partial charge in [-0.05, 0) is 30.1 Å². The number of hydrogen-bond acceptors (Lipinski definition) is 3. The molecule has 0 aliphatic rings. The Labute approximate surface area is 106 Å². The summed E-state index contributed by atoms with van der Waals surface area (Å²) in [4.78, 5) is 0. The number of hydrogen-bond donors (Lipinski definition) is 2. The molecule has 0 amide bonds. The molecule has 4 heteroatoms. The zero-order chi connectivity index (χ0) is 11.8. The zero-order valence-corrected chi connectivity index (χ0v) is 11.0. The number of aliphatic hydroxyl groups is 1. The minimum Gasteiger partial charge on any atom is -0.395 e. The highest BCUT2D eigenvalue weighted by molar-refractivity contribution is 7.98. The highest BCUT2D eigenvalue weighted by Crippen LogP contribution is 2.14. The third kappa shape index (κ3) is 4.74. The monoisotopic (exact) mass is 259 g/mol. The second-order valence-corrected chi connectivity index (χ2v) is 5.03. The molecule has 0 radical (unpaired) electrons. The first kappa shape index (κ1) is 13.8. The van der Waals surface area contributed by atoms with E-state index in [4.69, 9.17) is 11.6 Å². The van der Waals surface area contributed by atoms with Crippen molar-refractivity contribution >= 4 is 23.4 Å². The summed E-state index contributed by atoms with van der Waals surface area (Å²) in [5.74, 6) is 1.06. The van der Waals surface area contributed by atoms with Gasteiger partial charge >= 0.3 is 0 Å². The molecule has 0 saturated heterocycles. The van der Waals surface area contributed by atoms with Crippen LogP contribution in [-0.4, -0.2) is 29.8 Å². The molecular formula is C12H18ClNOS. The van der Waals surface area contributed by atoms with Gasteiger partial charge in [0.15, 0.2) is 0 Å². The van der Waals surface area contributed by atoms with Crippen LogP contribution in [0.1, 0.15) is 12.0 Å². The first-order valence-electron chi connectivity index (χ1n) is 5.34. The van der Waals surface area contributed by atoms with E-state index in [2.05, 4.69) is 11.6 Å². The van der Waals surface area contributed by atoms with Crippen molar-refractivity contribution in [1.82, 2.24) is 5.32 Å². The van der Waals surface area contributed by atoms with E-state index >= 15 is 0 Å². The van der Waals surface area contributed by atoms with E-state index < -0.39 is 0 Å². The molecule has 0 fully saturated rings. The van der Waals surface area contributed by atoms with E-state index in [1.807, 2.05) is 24.3 Å². The third-order valence-electron chi connectivity index (χ3n) is 2.43. The van der Waals surface area contributed by atoms with Gasteiger partial charge in [0.25, 0.3) is 0 Å². The molecule has 1 unspecified atom stereocenters. The normalized spacial score (nSPS) is 12.7. The number of aliphatic hydroxyl groups excluding tert-OH is 1. The molecular weight excluding hydrogens is 242 g/mol. The average Bonchev–Trinajstić information content (AvgIpc) is 2.31. The largest absolute Gasteiger partial charge is 0.395 e. The van der Waals surface area contributed by atoms with Gasteiger partial charge in [-0.2, -0.15) is 11.8 Å². The quantitative estimate of drug-likeness (QED) is 0.789. The summed E-state index contributed by atoms with van der Waals surface area (Å²) in [5.41, 5.74) is 1.08. The Morgan fingerprint density at radius 3 is 2.81 bits per heavy atom. The van der Waals surface area contributed by atoms with Gasteiger partial charge in [0.05, 0.1) is 6.61 Å². The molecule has 0 spiro atoms.